The van der Waals surface area contributed by atoms with Crippen LogP contribution < -0.4 is 4.74 Å². The summed E-state index contributed by atoms with van der Waals surface area (Å²) in [4.78, 5) is 0. The van der Waals surface area contributed by atoms with E-state index in [1.54, 1.807) is 6.07 Å². The van der Waals surface area contributed by atoms with Crippen molar-refractivity contribution in [1.82, 2.24) is 0 Å². The highest BCUT2D eigenvalue weighted by Crippen LogP contribution is 2.20. The minimum Gasteiger partial charge on any atom is -0.488 e. The molecule has 108 valence electrons. The summed E-state index contributed by atoms with van der Waals surface area (Å²) in [5.41, 5.74) is 4.05. The van der Waals surface area contributed by atoms with Crippen molar-refractivity contribution >= 4 is 11.6 Å². The van der Waals surface area contributed by atoms with Gasteiger partial charge in [-0.1, -0.05) is 30.0 Å². The Hall–Kier alpha value is -1.98. The zero-order valence-corrected chi connectivity index (χ0v) is 12.8. The molecule has 0 aliphatic heterocycles. The molecule has 0 fully saturated rings. The van der Waals surface area contributed by atoms with Crippen LogP contribution >= 0.6 is 11.6 Å². The maximum Gasteiger partial charge on any atom is 0.135 e. The van der Waals surface area contributed by atoms with Gasteiger partial charge in [-0.15, -0.1) is 11.6 Å². The molecule has 0 atom stereocenters. The molecule has 0 heterocycles. The van der Waals surface area contributed by atoms with Crippen LogP contribution in [0.15, 0.2) is 36.4 Å². The largest absolute Gasteiger partial charge is 0.488 e. The van der Waals surface area contributed by atoms with E-state index in [0.29, 0.717) is 17.9 Å². The summed E-state index contributed by atoms with van der Waals surface area (Å²) in [6.45, 7) is 4.55. The van der Waals surface area contributed by atoms with Crippen molar-refractivity contribution in [1.29, 1.82) is 0 Å². The predicted octanol–water partition coefficient (Wildman–Crippen LogP) is 4.61. The van der Waals surface area contributed by atoms with E-state index < -0.39 is 0 Å². The van der Waals surface area contributed by atoms with Crippen LogP contribution in [0.4, 0.5) is 4.39 Å². The number of aryl methyl sites for hydroxylation is 2. The Bertz CT molecular complexity index is 698. The lowest BCUT2D eigenvalue weighted by Gasteiger charge is -2.10. The molecule has 0 bridgehead atoms. The topological polar surface area (TPSA) is 9.23 Å². The van der Waals surface area contributed by atoms with Crippen molar-refractivity contribution in [3.8, 4) is 17.6 Å². The van der Waals surface area contributed by atoms with Crippen LogP contribution in [0.1, 0.15) is 22.3 Å². The molecule has 0 saturated carbocycles. The first kappa shape index (κ1) is 15.4. The molecule has 2 aromatic carbocycles. The van der Waals surface area contributed by atoms with E-state index in [1.807, 2.05) is 6.07 Å². The molecule has 0 N–H and O–H groups in total. The number of benzene rings is 2. The number of hydrogen-bond acceptors (Lipinski definition) is 1. The van der Waals surface area contributed by atoms with E-state index in [0.717, 1.165) is 5.56 Å². The summed E-state index contributed by atoms with van der Waals surface area (Å²) < 4.78 is 19.0. The third-order valence-electron chi connectivity index (χ3n) is 3.20. The number of ether oxygens (including phenoxy) is 1. The Balaban J connectivity index is 2.17. The molecule has 0 aliphatic carbocycles. The van der Waals surface area contributed by atoms with E-state index >= 15 is 0 Å². The van der Waals surface area contributed by atoms with Crippen molar-refractivity contribution in [3.05, 3.63) is 64.5 Å². The Morgan fingerprint density at radius 1 is 1.10 bits per heavy atom. The van der Waals surface area contributed by atoms with Crippen LogP contribution in [0.3, 0.4) is 0 Å². The van der Waals surface area contributed by atoms with E-state index in [2.05, 4.69) is 37.8 Å². The van der Waals surface area contributed by atoms with Crippen molar-refractivity contribution in [3.63, 3.8) is 0 Å². The van der Waals surface area contributed by atoms with E-state index in [4.69, 9.17) is 16.3 Å². The van der Waals surface area contributed by atoms with Crippen LogP contribution in [0.25, 0.3) is 0 Å². The molecule has 0 radical (unpaired) electrons. The van der Waals surface area contributed by atoms with Crippen molar-refractivity contribution in [2.75, 3.05) is 5.88 Å². The van der Waals surface area contributed by atoms with Gasteiger partial charge in [-0.25, -0.2) is 4.39 Å². The standard InChI is InChI=1S/C18H16ClFO/c1-13-5-6-15(10-14(13)2)12-21-18-8-7-17(20)11-16(18)4-3-9-19/h5-8,10-11H,9,12H2,1-2H3. The quantitative estimate of drug-likeness (QED) is 0.594. The van der Waals surface area contributed by atoms with Crippen LogP contribution in [0.5, 0.6) is 5.75 Å². The SMILES string of the molecule is Cc1ccc(COc2ccc(F)cc2C#CCCl)cc1C. The third-order valence-corrected chi connectivity index (χ3v) is 3.33. The predicted molar refractivity (Wildman–Crippen MR) is 84.2 cm³/mol. The molecule has 21 heavy (non-hydrogen) atoms. The highest BCUT2D eigenvalue weighted by Gasteiger charge is 2.04. The summed E-state index contributed by atoms with van der Waals surface area (Å²) in [5, 5.41) is 0. The highest BCUT2D eigenvalue weighted by atomic mass is 35.5. The zero-order valence-electron chi connectivity index (χ0n) is 12.0. The fraction of sp³-hybridized carbons (Fsp3) is 0.222. The lowest BCUT2D eigenvalue weighted by atomic mass is 10.1. The van der Waals surface area contributed by atoms with Gasteiger partial charge in [0.2, 0.25) is 0 Å². The number of hydrogen-bond donors (Lipinski definition) is 0. The van der Waals surface area contributed by atoms with E-state index in [9.17, 15) is 4.39 Å². The number of rotatable bonds is 3. The summed E-state index contributed by atoms with van der Waals surface area (Å²) in [6, 6.07) is 10.5. The summed E-state index contributed by atoms with van der Waals surface area (Å²) in [6.07, 6.45) is 0. The second kappa shape index (κ2) is 7.15. The normalized spacial score (nSPS) is 9.90. The highest BCUT2D eigenvalue weighted by molar-refractivity contribution is 6.19. The van der Waals surface area contributed by atoms with Gasteiger partial charge in [0.05, 0.1) is 11.4 Å². The first-order chi connectivity index (χ1) is 10.1. The molecule has 3 heteroatoms. The first-order valence-corrected chi connectivity index (χ1v) is 7.17. The fourth-order valence-electron chi connectivity index (χ4n) is 1.91. The third kappa shape index (κ3) is 4.24. The first-order valence-electron chi connectivity index (χ1n) is 6.63. The number of halogens is 2. The average Bonchev–Trinajstić information content (AvgIpc) is 2.47. The van der Waals surface area contributed by atoms with Gasteiger partial charge in [0, 0.05) is 0 Å². The Labute approximate surface area is 129 Å². The van der Waals surface area contributed by atoms with Crippen LogP contribution in [-0.2, 0) is 6.61 Å². The minimum absolute atomic E-state index is 0.201. The second-order valence-electron chi connectivity index (χ2n) is 4.78. The molecular formula is C18H16ClFO. The van der Waals surface area contributed by atoms with Gasteiger partial charge in [-0.3, -0.25) is 0 Å². The Kier molecular flexibility index (Phi) is 5.25. The van der Waals surface area contributed by atoms with Gasteiger partial charge in [0.25, 0.3) is 0 Å². The maximum absolute atomic E-state index is 13.3. The molecule has 1 nitrogen and oxygen atoms in total. The van der Waals surface area contributed by atoms with Crippen LogP contribution in [0.2, 0.25) is 0 Å². The molecular weight excluding hydrogens is 287 g/mol. The molecule has 0 aliphatic rings. The number of alkyl halides is 1. The zero-order chi connectivity index (χ0) is 15.2. The van der Waals surface area contributed by atoms with Gasteiger partial charge in [0.1, 0.15) is 18.2 Å². The molecule has 0 amide bonds. The van der Waals surface area contributed by atoms with Gasteiger partial charge in [0.15, 0.2) is 0 Å². The minimum atomic E-state index is -0.340. The fourth-order valence-corrected chi connectivity index (χ4v) is 1.98. The molecule has 2 aromatic rings. The van der Waals surface area contributed by atoms with Crippen LogP contribution in [-0.4, -0.2) is 5.88 Å². The molecule has 0 unspecified atom stereocenters. The Morgan fingerprint density at radius 3 is 2.62 bits per heavy atom. The van der Waals surface area contributed by atoms with Gasteiger partial charge >= 0.3 is 0 Å². The summed E-state index contributed by atoms with van der Waals surface area (Å²) >= 11 is 5.54. The Morgan fingerprint density at radius 2 is 1.90 bits per heavy atom. The second-order valence-corrected chi connectivity index (χ2v) is 5.05. The van der Waals surface area contributed by atoms with Crippen molar-refractivity contribution < 1.29 is 9.13 Å². The van der Waals surface area contributed by atoms with Crippen molar-refractivity contribution in [2.45, 2.75) is 20.5 Å². The van der Waals surface area contributed by atoms with Crippen LogP contribution in [0, 0.1) is 31.5 Å². The maximum atomic E-state index is 13.3. The smallest absolute Gasteiger partial charge is 0.135 e. The monoisotopic (exact) mass is 302 g/mol. The molecule has 0 saturated heterocycles. The van der Waals surface area contributed by atoms with Gasteiger partial charge in [-0.05, 0) is 48.7 Å². The lowest BCUT2D eigenvalue weighted by Crippen LogP contribution is -1.98. The summed E-state index contributed by atoms with van der Waals surface area (Å²) in [7, 11) is 0. The van der Waals surface area contributed by atoms with E-state index in [1.165, 1.54) is 23.3 Å². The van der Waals surface area contributed by atoms with Gasteiger partial charge < -0.3 is 4.74 Å². The summed E-state index contributed by atoms with van der Waals surface area (Å²) in [5.74, 6) is 5.95. The van der Waals surface area contributed by atoms with Gasteiger partial charge in [-0.2, -0.15) is 0 Å². The average molecular weight is 303 g/mol. The molecule has 0 spiro atoms. The van der Waals surface area contributed by atoms with E-state index in [-0.39, 0.29) is 11.7 Å². The molecule has 2 rings (SSSR count). The van der Waals surface area contributed by atoms with Crippen molar-refractivity contribution in [2.24, 2.45) is 0 Å². The molecule has 0 aromatic heterocycles. The lowest BCUT2D eigenvalue weighted by molar-refractivity contribution is 0.305.